The second-order valence-corrected chi connectivity index (χ2v) is 6.76. The van der Waals surface area contributed by atoms with Crippen molar-refractivity contribution in [3.05, 3.63) is 51.8 Å². The number of aryl methyl sites for hydroxylation is 3. The minimum Gasteiger partial charge on any atom is -0.496 e. The molecule has 0 atom stereocenters. The number of hydrogen-bond donors (Lipinski definition) is 0. The topological polar surface area (TPSA) is 52.8 Å². The Morgan fingerprint density at radius 3 is 2.32 bits per heavy atom. The SMILES string of the molecule is COc1cccc(OC)c1C(=O)N=c1sc2ccc(C)c(C)c2n1C. The summed E-state index contributed by atoms with van der Waals surface area (Å²) in [4.78, 5) is 17.8. The van der Waals surface area contributed by atoms with Gasteiger partial charge in [0.25, 0.3) is 5.91 Å². The van der Waals surface area contributed by atoms with Crippen LogP contribution in [-0.2, 0) is 7.05 Å². The summed E-state index contributed by atoms with van der Waals surface area (Å²) in [5.74, 6) is 0.513. The molecule has 1 heterocycles. The largest absolute Gasteiger partial charge is 0.496 e. The Hall–Kier alpha value is -2.60. The van der Waals surface area contributed by atoms with E-state index in [4.69, 9.17) is 9.47 Å². The fourth-order valence-electron chi connectivity index (χ4n) is 2.84. The highest BCUT2D eigenvalue weighted by molar-refractivity contribution is 7.16. The van der Waals surface area contributed by atoms with Gasteiger partial charge in [0.15, 0.2) is 4.80 Å². The van der Waals surface area contributed by atoms with Gasteiger partial charge in [0.2, 0.25) is 0 Å². The number of fused-ring (bicyclic) bond motifs is 1. The zero-order chi connectivity index (χ0) is 18.1. The Labute approximate surface area is 150 Å². The second-order valence-electron chi connectivity index (χ2n) is 5.75. The van der Waals surface area contributed by atoms with Crippen molar-refractivity contribution in [3.63, 3.8) is 0 Å². The molecule has 2 aromatic carbocycles. The van der Waals surface area contributed by atoms with Crippen molar-refractivity contribution in [2.24, 2.45) is 12.0 Å². The molecule has 0 spiro atoms. The van der Waals surface area contributed by atoms with Crippen molar-refractivity contribution in [3.8, 4) is 11.5 Å². The zero-order valence-corrected chi connectivity index (χ0v) is 15.7. The standard InChI is InChI=1S/C19H20N2O3S/c1-11-9-10-15-17(12(11)2)21(3)19(25-15)20-18(22)16-13(23-4)7-6-8-14(16)24-5/h6-10H,1-5H3. The van der Waals surface area contributed by atoms with Crippen LogP contribution in [0, 0.1) is 13.8 Å². The van der Waals surface area contributed by atoms with Crippen LogP contribution in [0.4, 0.5) is 0 Å². The Morgan fingerprint density at radius 1 is 1.08 bits per heavy atom. The van der Waals surface area contributed by atoms with Gasteiger partial charge < -0.3 is 14.0 Å². The van der Waals surface area contributed by atoms with E-state index in [0.717, 1.165) is 10.2 Å². The van der Waals surface area contributed by atoms with Crippen LogP contribution in [0.15, 0.2) is 35.3 Å². The molecule has 0 fully saturated rings. The monoisotopic (exact) mass is 356 g/mol. The van der Waals surface area contributed by atoms with Crippen molar-refractivity contribution in [1.29, 1.82) is 0 Å². The Balaban J connectivity index is 2.20. The molecule has 0 unspecified atom stereocenters. The third kappa shape index (κ3) is 2.93. The molecule has 0 saturated carbocycles. The van der Waals surface area contributed by atoms with E-state index in [1.165, 1.54) is 36.7 Å². The van der Waals surface area contributed by atoms with Gasteiger partial charge in [-0.15, -0.1) is 0 Å². The molecule has 1 aromatic heterocycles. The fourth-order valence-corrected chi connectivity index (χ4v) is 3.92. The van der Waals surface area contributed by atoms with Crippen LogP contribution in [0.1, 0.15) is 21.5 Å². The lowest BCUT2D eigenvalue weighted by molar-refractivity contribution is 0.0992. The van der Waals surface area contributed by atoms with Gasteiger partial charge in [-0.05, 0) is 43.2 Å². The van der Waals surface area contributed by atoms with Crippen LogP contribution in [0.5, 0.6) is 11.5 Å². The number of hydrogen-bond acceptors (Lipinski definition) is 4. The van der Waals surface area contributed by atoms with Crippen molar-refractivity contribution in [2.75, 3.05) is 14.2 Å². The molecule has 3 rings (SSSR count). The second kappa shape index (κ2) is 6.72. The number of aromatic nitrogens is 1. The van der Waals surface area contributed by atoms with E-state index in [1.807, 2.05) is 11.6 Å². The maximum atomic E-state index is 12.8. The summed E-state index contributed by atoms with van der Waals surface area (Å²) in [6, 6.07) is 9.38. The summed E-state index contributed by atoms with van der Waals surface area (Å²) in [7, 11) is 4.98. The summed E-state index contributed by atoms with van der Waals surface area (Å²) in [5.41, 5.74) is 3.84. The number of carbonyl (C=O) groups excluding carboxylic acids is 1. The van der Waals surface area contributed by atoms with Crippen molar-refractivity contribution in [1.82, 2.24) is 4.57 Å². The van der Waals surface area contributed by atoms with E-state index in [0.29, 0.717) is 21.9 Å². The highest BCUT2D eigenvalue weighted by Gasteiger charge is 2.18. The van der Waals surface area contributed by atoms with Crippen LogP contribution >= 0.6 is 11.3 Å². The molecular weight excluding hydrogens is 336 g/mol. The maximum absolute atomic E-state index is 12.8. The number of rotatable bonds is 3. The highest BCUT2D eigenvalue weighted by Crippen LogP contribution is 2.29. The van der Waals surface area contributed by atoms with E-state index in [2.05, 4.69) is 31.0 Å². The Morgan fingerprint density at radius 2 is 1.72 bits per heavy atom. The summed E-state index contributed by atoms with van der Waals surface area (Å²) >= 11 is 1.49. The van der Waals surface area contributed by atoms with Crippen molar-refractivity contribution < 1.29 is 14.3 Å². The average molecular weight is 356 g/mol. The van der Waals surface area contributed by atoms with Crippen LogP contribution in [0.25, 0.3) is 10.2 Å². The number of carbonyl (C=O) groups is 1. The number of nitrogens with zero attached hydrogens (tertiary/aromatic N) is 2. The molecule has 130 valence electrons. The highest BCUT2D eigenvalue weighted by atomic mass is 32.1. The molecule has 0 bridgehead atoms. The first-order chi connectivity index (χ1) is 12.0. The van der Waals surface area contributed by atoms with E-state index in [1.54, 1.807) is 18.2 Å². The molecule has 0 saturated heterocycles. The minimum atomic E-state index is -0.383. The van der Waals surface area contributed by atoms with Crippen LogP contribution in [0.3, 0.4) is 0 Å². The van der Waals surface area contributed by atoms with Gasteiger partial charge in [0.1, 0.15) is 17.1 Å². The molecule has 0 aliphatic heterocycles. The number of benzene rings is 2. The molecule has 0 radical (unpaired) electrons. The lowest BCUT2D eigenvalue weighted by atomic mass is 10.1. The summed E-state index contributed by atoms with van der Waals surface area (Å²) < 4.78 is 13.7. The molecule has 25 heavy (non-hydrogen) atoms. The first-order valence-electron chi connectivity index (χ1n) is 7.83. The number of thiazole rings is 1. The van der Waals surface area contributed by atoms with Crippen molar-refractivity contribution in [2.45, 2.75) is 13.8 Å². The smallest absolute Gasteiger partial charge is 0.287 e. The number of methoxy groups -OCH3 is 2. The van der Waals surface area contributed by atoms with E-state index < -0.39 is 0 Å². The van der Waals surface area contributed by atoms with Crippen LogP contribution in [-0.4, -0.2) is 24.7 Å². The number of ether oxygens (including phenoxy) is 2. The summed E-state index contributed by atoms with van der Waals surface area (Å²) in [6.07, 6.45) is 0. The molecule has 0 aliphatic carbocycles. The molecule has 1 amide bonds. The quantitative estimate of drug-likeness (QED) is 0.720. The van der Waals surface area contributed by atoms with Gasteiger partial charge in [-0.3, -0.25) is 4.79 Å². The van der Waals surface area contributed by atoms with Gasteiger partial charge in [-0.2, -0.15) is 4.99 Å². The predicted molar refractivity (Wildman–Crippen MR) is 99.7 cm³/mol. The van der Waals surface area contributed by atoms with Crippen LogP contribution < -0.4 is 14.3 Å². The lowest BCUT2D eigenvalue weighted by Crippen LogP contribution is -2.14. The summed E-state index contributed by atoms with van der Waals surface area (Å²) in [5, 5.41) is 0. The minimum absolute atomic E-state index is 0.331. The Kier molecular flexibility index (Phi) is 4.63. The first kappa shape index (κ1) is 17.2. The van der Waals surface area contributed by atoms with Crippen molar-refractivity contribution >= 4 is 27.5 Å². The molecule has 0 aliphatic rings. The molecule has 6 heteroatoms. The predicted octanol–water partition coefficient (Wildman–Crippen LogP) is 3.61. The number of amides is 1. The van der Waals surface area contributed by atoms with Crippen LogP contribution in [0.2, 0.25) is 0 Å². The average Bonchev–Trinajstić information content (AvgIpc) is 2.93. The third-order valence-electron chi connectivity index (χ3n) is 4.33. The van der Waals surface area contributed by atoms with Gasteiger partial charge in [0, 0.05) is 7.05 Å². The van der Waals surface area contributed by atoms with E-state index in [9.17, 15) is 4.79 Å². The van der Waals surface area contributed by atoms with Gasteiger partial charge in [-0.25, -0.2) is 0 Å². The van der Waals surface area contributed by atoms with E-state index >= 15 is 0 Å². The van der Waals surface area contributed by atoms with Gasteiger partial charge in [0.05, 0.1) is 24.4 Å². The maximum Gasteiger partial charge on any atom is 0.287 e. The molecule has 0 N–H and O–H groups in total. The zero-order valence-electron chi connectivity index (χ0n) is 14.9. The van der Waals surface area contributed by atoms with Gasteiger partial charge >= 0.3 is 0 Å². The normalized spacial score (nSPS) is 11.8. The molecule has 5 nitrogen and oxygen atoms in total. The lowest BCUT2D eigenvalue weighted by Gasteiger charge is -2.09. The fraction of sp³-hybridized carbons (Fsp3) is 0.263. The van der Waals surface area contributed by atoms with E-state index in [-0.39, 0.29) is 5.91 Å². The summed E-state index contributed by atoms with van der Waals surface area (Å²) in [6.45, 7) is 4.16. The first-order valence-corrected chi connectivity index (χ1v) is 8.65. The van der Waals surface area contributed by atoms with Gasteiger partial charge in [-0.1, -0.05) is 23.5 Å². The Bertz CT molecular complexity index is 1010. The third-order valence-corrected chi connectivity index (χ3v) is 5.42. The molecular formula is C19H20N2O3S. The molecule has 3 aromatic rings.